The molecule has 0 unspecified atom stereocenters. The average Bonchev–Trinajstić information content (AvgIpc) is 2.58. The first-order valence-electron chi connectivity index (χ1n) is 8.26. The van der Waals surface area contributed by atoms with Gasteiger partial charge in [0, 0.05) is 0 Å². The highest BCUT2D eigenvalue weighted by atomic mass is 16.5. The zero-order valence-corrected chi connectivity index (χ0v) is 15.1. The lowest BCUT2D eigenvalue weighted by molar-refractivity contribution is -0.145. The highest BCUT2D eigenvalue weighted by molar-refractivity contribution is 5.99. The molecule has 1 aromatic carbocycles. The van der Waals surface area contributed by atoms with Crippen molar-refractivity contribution < 1.29 is 23.9 Å². The number of amides is 2. The lowest BCUT2D eigenvalue weighted by atomic mass is 10.0. The number of ether oxygens (including phenoxy) is 2. The number of hydrogen-bond acceptors (Lipinski definition) is 5. The topological polar surface area (TPSA) is 93.7 Å². The van der Waals surface area contributed by atoms with Crippen molar-refractivity contribution >= 4 is 17.8 Å². The van der Waals surface area contributed by atoms with Gasteiger partial charge < -0.3 is 20.1 Å². The quantitative estimate of drug-likeness (QED) is 0.659. The summed E-state index contributed by atoms with van der Waals surface area (Å²) >= 11 is 0. The molecule has 138 valence electrons. The maximum Gasteiger partial charge on any atom is 0.328 e. The van der Waals surface area contributed by atoms with Crippen LogP contribution in [0, 0.1) is 5.92 Å². The minimum absolute atomic E-state index is 0.206. The fourth-order valence-electron chi connectivity index (χ4n) is 2.26. The molecule has 0 spiro atoms. The number of hydrogen-bond donors (Lipinski definition) is 2. The third-order valence-corrected chi connectivity index (χ3v) is 3.37. The van der Waals surface area contributed by atoms with Crippen molar-refractivity contribution in [2.45, 2.75) is 33.2 Å². The number of rotatable bonds is 9. The van der Waals surface area contributed by atoms with E-state index in [0.717, 1.165) is 0 Å². The molecule has 0 aliphatic rings. The Morgan fingerprint density at radius 2 is 1.84 bits per heavy atom. The van der Waals surface area contributed by atoms with E-state index in [0.29, 0.717) is 24.3 Å². The van der Waals surface area contributed by atoms with Gasteiger partial charge in [-0.3, -0.25) is 9.59 Å². The van der Waals surface area contributed by atoms with E-state index in [1.165, 1.54) is 7.11 Å². The SMILES string of the molecule is CCOc1ccccc1C(=O)NCC(=O)N[C@H](CC(C)C)C(=O)OC. The van der Waals surface area contributed by atoms with Crippen LogP contribution in [0.5, 0.6) is 5.75 Å². The summed E-state index contributed by atoms with van der Waals surface area (Å²) in [5.74, 6) is -0.724. The molecule has 0 radical (unpaired) electrons. The second-order valence-electron chi connectivity index (χ2n) is 5.88. The Hall–Kier alpha value is -2.57. The van der Waals surface area contributed by atoms with E-state index < -0.39 is 23.8 Å². The van der Waals surface area contributed by atoms with Gasteiger partial charge in [0.1, 0.15) is 11.8 Å². The van der Waals surface area contributed by atoms with Gasteiger partial charge in [0.2, 0.25) is 5.91 Å². The van der Waals surface area contributed by atoms with Gasteiger partial charge in [-0.2, -0.15) is 0 Å². The summed E-state index contributed by atoms with van der Waals surface area (Å²) in [7, 11) is 1.27. The standard InChI is InChI=1S/C18H26N2O5/c1-5-25-15-9-7-6-8-13(15)17(22)19-11-16(21)20-14(10-12(2)3)18(23)24-4/h6-9,12,14H,5,10-11H2,1-4H3,(H,19,22)(H,20,21)/t14-/m1/s1. The summed E-state index contributed by atoms with van der Waals surface area (Å²) in [6.07, 6.45) is 0.458. The van der Waals surface area contributed by atoms with E-state index in [-0.39, 0.29) is 12.5 Å². The summed E-state index contributed by atoms with van der Waals surface area (Å²) in [6, 6.07) is 6.06. The summed E-state index contributed by atoms with van der Waals surface area (Å²) in [5, 5.41) is 5.12. The van der Waals surface area contributed by atoms with Gasteiger partial charge in [-0.05, 0) is 31.4 Å². The average molecular weight is 350 g/mol. The monoisotopic (exact) mass is 350 g/mol. The Labute approximate surface area is 148 Å². The summed E-state index contributed by atoms with van der Waals surface area (Å²) in [6.45, 7) is 5.89. The van der Waals surface area contributed by atoms with Crippen molar-refractivity contribution in [1.82, 2.24) is 10.6 Å². The minimum atomic E-state index is -0.731. The maximum atomic E-state index is 12.2. The minimum Gasteiger partial charge on any atom is -0.493 e. The molecular weight excluding hydrogens is 324 g/mol. The molecular formula is C18H26N2O5. The third-order valence-electron chi connectivity index (χ3n) is 3.37. The van der Waals surface area contributed by atoms with Crippen LogP contribution in [0.1, 0.15) is 37.6 Å². The van der Waals surface area contributed by atoms with Gasteiger partial charge >= 0.3 is 5.97 Å². The number of methoxy groups -OCH3 is 1. The first-order valence-corrected chi connectivity index (χ1v) is 8.26. The summed E-state index contributed by atoms with van der Waals surface area (Å²) in [5.41, 5.74) is 0.351. The highest BCUT2D eigenvalue weighted by Crippen LogP contribution is 2.17. The van der Waals surface area contributed by atoms with E-state index >= 15 is 0 Å². The molecule has 2 N–H and O–H groups in total. The summed E-state index contributed by atoms with van der Waals surface area (Å²) < 4.78 is 10.1. The fraction of sp³-hybridized carbons (Fsp3) is 0.500. The molecule has 2 amide bonds. The van der Waals surface area contributed by atoms with E-state index in [9.17, 15) is 14.4 Å². The van der Waals surface area contributed by atoms with Crippen molar-refractivity contribution in [3.63, 3.8) is 0 Å². The molecule has 25 heavy (non-hydrogen) atoms. The van der Waals surface area contributed by atoms with E-state index in [2.05, 4.69) is 10.6 Å². The van der Waals surface area contributed by atoms with E-state index in [1.54, 1.807) is 24.3 Å². The second kappa shape index (κ2) is 10.3. The van der Waals surface area contributed by atoms with Gasteiger partial charge in [0.15, 0.2) is 0 Å². The zero-order chi connectivity index (χ0) is 18.8. The third kappa shape index (κ3) is 6.82. The van der Waals surface area contributed by atoms with Crippen molar-refractivity contribution in [3.8, 4) is 5.75 Å². The second-order valence-corrected chi connectivity index (χ2v) is 5.88. The number of carbonyl (C=O) groups is 3. The predicted molar refractivity (Wildman–Crippen MR) is 93.3 cm³/mol. The lowest BCUT2D eigenvalue weighted by Gasteiger charge is -2.18. The zero-order valence-electron chi connectivity index (χ0n) is 15.1. The number of benzene rings is 1. The number of carbonyl (C=O) groups excluding carboxylic acids is 3. The molecule has 1 rings (SSSR count). The van der Waals surface area contributed by atoms with Gasteiger partial charge in [0.05, 0.1) is 25.8 Å². The van der Waals surface area contributed by atoms with Gasteiger partial charge in [-0.1, -0.05) is 26.0 Å². The normalized spacial score (nSPS) is 11.6. The Bertz CT molecular complexity index is 601. The van der Waals surface area contributed by atoms with Crippen LogP contribution >= 0.6 is 0 Å². The molecule has 0 aliphatic carbocycles. The van der Waals surface area contributed by atoms with Crippen molar-refractivity contribution in [3.05, 3.63) is 29.8 Å². The molecule has 0 aromatic heterocycles. The first kappa shape index (κ1) is 20.5. The van der Waals surface area contributed by atoms with Crippen LogP contribution in [0.15, 0.2) is 24.3 Å². The molecule has 0 saturated carbocycles. The molecule has 7 heteroatoms. The molecule has 0 saturated heterocycles. The van der Waals surface area contributed by atoms with Crippen LogP contribution < -0.4 is 15.4 Å². The molecule has 0 heterocycles. The first-order chi connectivity index (χ1) is 11.9. The molecule has 1 aromatic rings. The fourth-order valence-corrected chi connectivity index (χ4v) is 2.26. The van der Waals surface area contributed by atoms with Crippen LogP contribution in [0.3, 0.4) is 0 Å². The van der Waals surface area contributed by atoms with E-state index in [4.69, 9.17) is 9.47 Å². The van der Waals surface area contributed by atoms with Crippen molar-refractivity contribution in [1.29, 1.82) is 0 Å². The largest absolute Gasteiger partial charge is 0.493 e. The Kier molecular flexibility index (Phi) is 8.46. The van der Waals surface area contributed by atoms with Crippen LogP contribution in [0.4, 0.5) is 0 Å². The van der Waals surface area contributed by atoms with E-state index in [1.807, 2.05) is 20.8 Å². The molecule has 0 bridgehead atoms. The number of esters is 1. The number of para-hydroxylation sites is 1. The maximum absolute atomic E-state index is 12.2. The number of nitrogens with one attached hydrogen (secondary N) is 2. The van der Waals surface area contributed by atoms with Crippen LogP contribution in [0.2, 0.25) is 0 Å². The molecule has 1 atom stereocenters. The highest BCUT2D eigenvalue weighted by Gasteiger charge is 2.23. The molecule has 0 fully saturated rings. The Morgan fingerprint density at radius 3 is 2.44 bits per heavy atom. The molecule has 7 nitrogen and oxygen atoms in total. The van der Waals surface area contributed by atoms with Crippen LogP contribution in [0.25, 0.3) is 0 Å². The van der Waals surface area contributed by atoms with Crippen molar-refractivity contribution in [2.24, 2.45) is 5.92 Å². The Morgan fingerprint density at radius 1 is 1.16 bits per heavy atom. The van der Waals surface area contributed by atoms with Gasteiger partial charge in [0.25, 0.3) is 5.91 Å². The smallest absolute Gasteiger partial charge is 0.328 e. The lowest BCUT2D eigenvalue weighted by Crippen LogP contribution is -2.46. The van der Waals surface area contributed by atoms with Gasteiger partial charge in [-0.25, -0.2) is 4.79 Å². The predicted octanol–water partition coefficient (Wildman–Crippen LogP) is 1.52. The summed E-state index contributed by atoms with van der Waals surface area (Å²) in [4.78, 5) is 36.0. The van der Waals surface area contributed by atoms with Crippen LogP contribution in [-0.2, 0) is 14.3 Å². The van der Waals surface area contributed by atoms with Gasteiger partial charge in [-0.15, -0.1) is 0 Å². The Balaban J connectivity index is 2.63. The van der Waals surface area contributed by atoms with Crippen molar-refractivity contribution in [2.75, 3.05) is 20.3 Å². The van der Waals surface area contributed by atoms with Crippen LogP contribution in [-0.4, -0.2) is 44.1 Å². The molecule has 0 aliphatic heterocycles.